The van der Waals surface area contributed by atoms with E-state index in [-0.39, 0.29) is 0 Å². The number of anilines is 1. The van der Waals surface area contributed by atoms with Crippen LogP contribution in [0.4, 0.5) is 5.69 Å². The van der Waals surface area contributed by atoms with Gasteiger partial charge < -0.3 is 10.2 Å². The van der Waals surface area contributed by atoms with Gasteiger partial charge in [-0.1, -0.05) is 26.0 Å². The van der Waals surface area contributed by atoms with E-state index in [0.29, 0.717) is 23.7 Å². The molecule has 20 heavy (non-hydrogen) atoms. The molecule has 0 heterocycles. The Hall–Kier alpha value is -1.11. The summed E-state index contributed by atoms with van der Waals surface area (Å²) in [5.41, 5.74) is 0.644. The molecule has 5 nitrogen and oxygen atoms in total. The van der Waals surface area contributed by atoms with Gasteiger partial charge in [-0.25, -0.2) is 13.1 Å². The van der Waals surface area contributed by atoms with Crippen molar-refractivity contribution >= 4 is 15.7 Å². The van der Waals surface area contributed by atoms with E-state index in [9.17, 15) is 8.42 Å². The zero-order valence-corrected chi connectivity index (χ0v) is 13.3. The lowest BCUT2D eigenvalue weighted by molar-refractivity contribution is 0.309. The topological polar surface area (TPSA) is 61.4 Å². The summed E-state index contributed by atoms with van der Waals surface area (Å²) in [6.07, 6.45) is 0. The minimum absolute atomic E-state index is 0.307. The number of nitrogens with one attached hydrogen (secondary N) is 2. The SMILES string of the molecule is CCNc1ccccc1S(=O)(=O)NCCN(CC)CC. The fourth-order valence-corrected chi connectivity index (χ4v) is 3.20. The third kappa shape index (κ3) is 4.77. The summed E-state index contributed by atoms with van der Waals surface area (Å²) in [4.78, 5) is 2.49. The molecule has 2 N–H and O–H groups in total. The third-order valence-corrected chi connectivity index (χ3v) is 4.68. The largest absolute Gasteiger partial charge is 0.384 e. The maximum Gasteiger partial charge on any atom is 0.242 e. The van der Waals surface area contributed by atoms with Crippen LogP contribution in [-0.2, 0) is 10.0 Å². The minimum atomic E-state index is -3.46. The summed E-state index contributed by atoms with van der Waals surface area (Å²) in [5.74, 6) is 0. The van der Waals surface area contributed by atoms with Crippen LogP contribution in [0.15, 0.2) is 29.2 Å². The van der Waals surface area contributed by atoms with Gasteiger partial charge in [0.1, 0.15) is 4.90 Å². The van der Waals surface area contributed by atoms with Gasteiger partial charge in [0, 0.05) is 19.6 Å². The average molecular weight is 299 g/mol. The molecular weight excluding hydrogens is 274 g/mol. The highest BCUT2D eigenvalue weighted by Crippen LogP contribution is 2.20. The van der Waals surface area contributed by atoms with E-state index in [2.05, 4.69) is 28.8 Å². The van der Waals surface area contributed by atoms with Crippen molar-refractivity contribution in [3.63, 3.8) is 0 Å². The van der Waals surface area contributed by atoms with Gasteiger partial charge in [-0.15, -0.1) is 0 Å². The van der Waals surface area contributed by atoms with Crippen molar-refractivity contribution in [1.29, 1.82) is 0 Å². The van der Waals surface area contributed by atoms with Crippen molar-refractivity contribution in [1.82, 2.24) is 9.62 Å². The lowest BCUT2D eigenvalue weighted by Crippen LogP contribution is -2.35. The lowest BCUT2D eigenvalue weighted by Gasteiger charge is -2.18. The van der Waals surface area contributed by atoms with Gasteiger partial charge >= 0.3 is 0 Å². The Morgan fingerprint density at radius 1 is 1.10 bits per heavy atom. The Labute approximate surface area is 122 Å². The van der Waals surface area contributed by atoms with Gasteiger partial charge in [0.25, 0.3) is 0 Å². The molecule has 1 aromatic carbocycles. The second-order valence-corrected chi connectivity index (χ2v) is 6.19. The van der Waals surface area contributed by atoms with Gasteiger partial charge in [-0.05, 0) is 32.1 Å². The number of rotatable bonds is 9. The molecule has 0 unspecified atom stereocenters. The van der Waals surface area contributed by atoms with Crippen molar-refractivity contribution in [3.8, 4) is 0 Å². The molecule has 0 saturated carbocycles. The number of likely N-dealkylation sites (N-methyl/N-ethyl adjacent to an activating group) is 1. The third-order valence-electron chi connectivity index (χ3n) is 3.16. The minimum Gasteiger partial charge on any atom is -0.384 e. The van der Waals surface area contributed by atoms with Gasteiger partial charge in [0.2, 0.25) is 10.0 Å². The van der Waals surface area contributed by atoms with Crippen LogP contribution in [0, 0.1) is 0 Å². The van der Waals surface area contributed by atoms with Crippen LogP contribution >= 0.6 is 0 Å². The Balaban J connectivity index is 2.74. The maximum absolute atomic E-state index is 12.3. The predicted molar refractivity (Wildman–Crippen MR) is 83.6 cm³/mol. The molecule has 1 rings (SSSR count). The number of nitrogens with zero attached hydrogens (tertiary/aromatic N) is 1. The quantitative estimate of drug-likeness (QED) is 0.729. The number of para-hydroxylation sites is 1. The summed E-state index contributed by atoms with van der Waals surface area (Å²) in [6.45, 7) is 9.75. The van der Waals surface area contributed by atoms with Crippen LogP contribution in [0.5, 0.6) is 0 Å². The standard InChI is InChI=1S/C14H25N3O2S/c1-4-15-13-9-7-8-10-14(13)20(18,19)16-11-12-17(5-2)6-3/h7-10,15-16H,4-6,11-12H2,1-3H3. The molecule has 0 aliphatic carbocycles. The van der Waals surface area contributed by atoms with E-state index < -0.39 is 10.0 Å². The Kier molecular flexibility index (Phi) is 6.98. The predicted octanol–water partition coefficient (Wildman–Crippen LogP) is 1.74. The van der Waals surface area contributed by atoms with E-state index in [0.717, 1.165) is 19.6 Å². The molecule has 0 atom stereocenters. The van der Waals surface area contributed by atoms with Gasteiger partial charge in [-0.2, -0.15) is 0 Å². The van der Waals surface area contributed by atoms with Crippen LogP contribution in [0.25, 0.3) is 0 Å². The zero-order valence-electron chi connectivity index (χ0n) is 12.5. The van der Waals surface area contributed by atoms with Crippen molar-refractivity contribution in [2.24, 2.45) is 0 Å². The van der Waals surface area contributed by atoms with Crippen molar-refractivity contribution < 1.29 is 8.42 Å². The smallest absolute Gasteiger partial charge is 0.242 e. The number of hydrogen-bond donors (Lipinski definition) is 2. The van der Waals surface area contributed by atoms with Crippen molar-refractivity contribution in [3.05, 3.63) is 24.3 Å². The highest BCUT2D eigenvalue weighted by Gasteiger charge is 2.17. The van der Waals surface area contributed by atoms with Gasteiger partial charge in [-0.3, -0.25) is 0 Å². The molecule has 0 aromatic heterocycles. The molecule has 1 aromatic rings. The summed E-state index contributed by atoms with van der Waals surface area (Å²) in [5, 5.41) is 3.07. The van der Waals surface area contributed by atoms with E-state index in [1.807, 2.05) is 13.0 Å². The van der Waals surface area contributed by atoms with Gasteiger partial charge in [0.05, 0.1) is 5.69 Å². The van der Waals surface area contributed by atoms with Crippen LogP contribution in [-0.4, -0.2) is 46.0 Å². The Morgan fingerprint density at radius 2 is 1.75 bits per heavy atom. The first-order valence-corrected chi connectivity index (χ1v) is 8.58. The number of sulfonamides is 1. The molecule has 0 amide bonds. The molecule has 0 radical (unpaired) electrons. The van der Waals surface area contributed by atoms with Crippen LogP contribution < -0.4 is 10.0 Å². The summed E-state index contributed by atoms with van der Waals surface area (Å²) >= 11 is 0. The number of benzene rings is 1. The first kappa shape index (κ1) is 16.9. The van der Waals surface area contributed by atoms with Crippen molar-refractivity contribution in [2.45, 2.75) is 25.7 Å². The summed E-state index contributed by atoms with van der Waals surface area (Å²) in [6, 6.07) is 6.97. The van der Waals surface area contributed by atoms with Crippen LogP contribution in [0.1, 0.15) is 20.8 Å². The van der Waals surface area contributed by atoms with Crippen LogP contribution in [0.2, 0.25) is 0 Å². The van der Waals surface area contributed by atoms with E-state index in [4.69, 9.17) is 0 Å². The zero-order chi connectivity index (χ0) is 15.0. The fraction of sp³-hybridized carbons (Fsp3) is 0.571. The summed E-state index contributed by atoms with van der Waals surface area (Å²) < 4.78 is 27.3. The fourth-order valence-electron chi connectivity index (χ4n) is 1.99. The molecule has 0 aliphatic rings. The molecule has 0 aliphatic heterocycles. The normalized spacial score (nSPS) is 11.8. The molecule has 0 spiro atoms. The maximum atomic E-state index is 12.3. The second kappa shape index (κ2) is 8.24. The van der Waals surface area contributed by atoms with E-state index in [1.165, 1.54) is 0 Å². The monoisotopic (exact) mass is 299 g/mol. The highest BCUT2D eigenvalue weighted by atomic mass is 32.2. The number of hydrogen-bond acceptors (Lipinski definition) is 4. The van der Waals surface area contributed by atoms with Crippen molar-refractivity contribution in [2.75, 3.05) is 38.0 Å². The molecule has 0 bridgehead atoms. The lowest BCUT2D eigenvalue weighted by atomic mass is 10.3. The van der Waals surface area contributed by atoms with E-state index >= 15 is 0 Å². The molecular formula is C14H25N3O2S. The Morgan fingerprint density at radius 3 is 2.35 bits per heavy atom. The summed E-state index contributed by atoms with van der Waals surface area (Å²) in [7, 11) is -3.46. The molecule has 0 fully saturated rings. The average Bonchev–Trinajstić information content (AvgIpc) is 2.44. The highest BCUT2D eigenvalue weighted by molar-refractivity contribution is 7.89. The van der Waals surface area contributed by atoms with Crippen LogP contribution in [0.3, 0.4) is 0 Å². The first-order chi connectivity index (χ1) is 9.55. The Bertz CT molecular complexity index is 499. The first-order valence-electron chi connectivity index (χ1n) is 7.10. The molecule has 0 saturated heterocycles. The molecule has 114 valence electrons. The molecule has 6 heteroatoms. The van der Waals surface area contributed by atoms with Gasteiger partial charge in [0.15, 0.2) is 0 Å². The van der Waals surface area contributed by atoms with E-state index in [1.54, 1.807) is 18.2 Å². The second-order valence-electron chi connectivity index (χ2n) is 4.45.